The fourth-order valence-electron chi connectivity index (χ4n) is 2.20. The van der Waals surface area contributed by atoms with Crippen LogP contribution in [0.15, 0.2) is 53.6 Å². The maximum atomic E-state index is 12.9. The van der Waals surface area contributed by atoms with Gasteiger partial charge in [0.25, 0.3) is 5.91 Å². The van der Waals surface area contributed by atoms with Crippen LogP contribution < -0.4 is 20.8 Å². The van der Waals surface area contributed by atoms with Crippen molar-refractivity contribution < 1.29 is 23.5 Å². The number of hydrazone groups is 1. The standard InChI is InChI=1S/C21H23FN4O4/c1-2-3-12-23-20(28)21(29)26-24-13-15-4-10-18(11-5-15)30-14-19(27)25-17-8-6-16(22)7-9-17/h4-11,13H,2-3,12,14H2,1H3,(H,23,28)(H,25,27)(H,26,29)/b24-13-. The number of ether oxygens (including phenoxy) is 1. The minimum absolute atomic E-state index is 0.214. The van der Waals surface area contributed by atoms with E-state index in [0.717, 1.165) is 12.8 Å². The molecule has 9 heteroatoms. The summed E-state index contributed by atoms with van der Waals surface area (Å²) >= 11 is 0. The summed E-state index contributed by atoms with van der Waals surface area (Å²) in [5.41, 5.74) is 3.28. The van der Waals surface area contributed by atoms with Gasteiger partial charge >= 0.3 is 11.8 Å². The number of carbonyl (C=O) groups is 3. The molecule has 0 atom stereocenters. The highest BCUT2D eigenvalue weighted by Crippen LogP contribution is 2.12. The Kier molecular flexibility index (Phi) is 8.98. The number of hydrogen-bond acceptors (Lipinski definition) is 5. The quantitative estimate of drug-likeness (QED) is 0.253. The summed E-state index contributed by atoms with van der Waals surface area (Å²) in [4.78, 5) is 34.9. The molecule has 0 radical (unpaired) electrons. The second kappa shape index (κ2) is 11.9. The van der Waals surface area contributed by atoms with Crippen molar-refractivity contribution >= 4 is 29.6 Å². The van der Waals surface area contributed by atoms with Crippen LogP contribution in [0.5, 0.6) is 5.75 Å². The lowest BCUT2D eigenvalue weighted by Crippen LogP contribution is -2.38. The van der Waals surface area contributed by atoms with E-state index in [1.807, 2.05) is 6.92 Å². The SMILES string of the molecule is CCCCNC(=O)C(=O)N/N=C\c1ccc(OCC(=O)Nc2ccc(F)cc2)cc1. The number of amides is 3. The van der Waals surface area contributed by atoms with Crippen molar-refractivity contribution in [3.05, 3.63) is 59.9 Å². The Bertz CT molecular complexity index is 883. The smallest absolute Gasteiger partial charge is 0.329 e. The second-order valence-electron chi connectivity index (χ2n) is 6.22. The zero-order chi connectivity index (χ0) is 21.8. The zero-order valence-electron chi connectivity index (χ0n) is 16.5. The Labute approximate surface area is 173 Å². The molecule has 0 aliphatic rings. The number of rotatable bonds is 9. The molecule has 0 aliphatic carbocycles. The lowest BCUT2D eigenvalue weighted by molar-refractivity contribution is -0.139. The molecule has 3 amide bonds. The maximum Gasteiger partial charge on any atom is 0.329 e. The monoisotopic (exact) mass is 414 g/mol. The maximum absolute atomic E-state index is 12.9. The van der Waals surface area contributed by atoms with E-state index in [2.05, 4.69) is 21.2 Å². The lowest BCUT2D eigenvalue weighted by atomic mass is 10.2. The van der Waals surface area contributed by atoms with Crippen molar-refractivity contribution in [1.29, 1.82) is 0 Å². The van der Waals surface area contributed by atoms with Gasteiger partial charge in [0.2, 0.25) is 0 Å². The van der Waals surface area contributed by atoms with Gasteiger partial charge in [0.1, 0.15) is 11.6 Å². The molecule has 2 aromatic carbocycles. The highest BCUT2D eigenvalue weighted by atomic mass is 19.1. The van der Waals surface area contributed by atoms with Gasteiger partial charge in [-0.2, -0.15) is 5.10 Å². The molecule has 3 N–H and O–H groups in total. The van der Waals surface area contributed by atoms with Crippen LogP contribution in [0.2, 0.25) is 0 Å². The Hall–Kier alpha value is -3.75. The number of benzene rings is 2. The lowest BCUT2D eigenvalue weighted by Gasteiger charge is -2.07. The summed E-state index contributed by atoms with van der Waals surface area (Å²) in [6.45, 7) is 2.21. The predicted octanol–water partition coefficient (Wildman–Crippen LogP) is 2.21. The van der Waals surface area contributed by atoms with Gasteiger partial charge in [-0.15, -0.1) is 0 Å². The van der Waals surface area contributed by atoms with E-state index in [9.17, 15) is 18.8 Å². The highest BCUT2D eigenvalue weighted by Gasteiger charge is 2.11. The molecule has 0 spiro atoms. The molecule has 0 aromatic heterocycles. The predicted molar refractivity (Wildman–Crippen MR) is 111 cm³/mol. The van der Waals surface area contributed by atoms with E-state index in [-0.39, 0.29) is 18.3 Å². The molecule has 0 aliphatic heterocycles. The minimum Gasteiger partial charge on any atom is -0.484 e. The van der Waals surface area contributed by atoms with Gasteiger partial charge in [-0.1, -0.05) is 13.3 Å². The van der Waals surface area contributed by atoms with Crippen LogP contribution >= 0.6 is 0 Å². The number of halogens is 1. The Morgan fingerprint density at radius 1 is 1.03 bits per heavy atom. The first-order chi connectivity index (χ1) is 14.5. The normalized spacial score (nSPS) is 10.5. The third-order valence-corrected chi connectivity index (χ3v) is 3.78. The van der Waals surface area contributed by atoms with Crippen molar-refractivity contribution in [1.82, 2.24) is 10.7 Å². The van der Waals surface area contributed by atoms with Crippen LogP contribution in [0.1, 0.15) is 25.3 Å². The van der Waals surface area contributed by atoms with Crippen molar-refractivity contribution in [3.63, 3.8) is 0 Å². The number of anilines is 1. The first kappa shape index (κ1) is 22.5. The van der Waals surface area contributed by atoms with Gasteiger partial charge in [0, 0.05) is 12.2 Å². The number of hydrogen-bond donors (Lipinski definition) is 3. The zero-order valence-corrected chi connectivity index (χ0v) is 16.5. The topological polar surface area (TPSA) is 109 Å². The third-order valence-electron chi connectivity index (χ3n) is 3.78. The molecule has 158 valence electrons. The van der Waals surface area contributed by atoms with Gasteiger partial charge in [-0.3, -0.25) is 14.4 Å². The van der Waals surface area contributed by atoms with Gasteiger partial charge in [-0.05, 0) is 60.5 Å². The Morgan fingerprint density at radius 3 is 2.40 bits per heavy atom. The summed E-state index contributed by atoms with van der Waals surface area (Å²) in [5, 5.41) is 8.81. The summed E-state index contributed by atoms with van der Waals surface area (Å²) in [6.07, 6.45) is 3.09. The van der Waals surface area contributed by atoms with Crippen molar-refractivity contribution in [2.75, 3.05) is 18.5 Å². The van der Waals surface area contributed by atoms with Crippen LogP contribution in [0.25, 0.3) is 0 Å². The third kappa shape index (κ3) is 8.09. The molecule has 2 rings (SSSR count). The molecule has 2 aromatic rings. The Balaban J connectivity index is 1.74. The van der Waals surface area contributed by atoms with Gasteiger partial charge in [0.15, 0.2) is 6.61 Å². The molecule has 30 heavy (non-hydrogen) atoms. The Morgan fingerprint density at radius 2 is 1.73 bits per heavy atom. The highest BCUT2D eigenvalue weighted by molar-refractivity contribution is 6.35. The summed E-state index contributed by atoms with van der Waals surface area (Å²) in [7, 11) is 0. The van der Waals surface area contributed by atoms with Crippen LogP contribution in [-0.4, -0.2) is 37.1 Å². The van der Waals surface area contributed by atoms with Gasteiger partial charge in [0.05, 0.1) is 6.21 Å². The molecule has 0 bridgehead atoms. The van der Waals surface area contributed by atoms with Crippen molar-refractivity contribution in [2.45, 2.75) is 19.8 Å². The summed E-state index contributed by atoms with van der Waals surface area (Å²) < 4.78 is 18.2. The summed E-state index contributed by atoms with van der Waals surface area (Å²) in [6, 6.07) is 12.0. The molecule has 0 saturated carbocycles. The van der Waals surface area contributed by atoms with Crippen LogP contribution in [0.3, 0.4) is 0 Å². The fraction of sp³-hybridized carbons (Fsp3) is 0.238. The fourth-order valence-corrected chi connectivity index (χ4v) is 2.20. The average molecular weight is 414 g/mol. The van der Waals surface area contributed by atoms with Crippen LogP contribution in [0.4, 0.5) is 10.1 Å². The number of nitrogens with zero attached hydrogens (tertiary/aromatic N) is 1. The molecule has 0 unspecified atom stereocenters. The van der Waals surface area contributed by atoms with Gasteiger partial charge in [-0.25, -0.2) is 9.82 Å². The largest absolute Gasteiger partial charge is 0.484 e. The summed E-state index contributed by atoms with van der Waals surface area (Å²) in [5.74, 6) is -1.88. The van der Waals surface area contributed by atoms with E-state index >= 15 is 0 Å². The van der Waals surface area contributed by atoms with E-state index in [4.69, 9.17) is 4.74 Å². The first-order valence-electron chi connectivity index (χ1n) is 9.37. The van der Waals surface area contributed by atoms with E-state index in [1.165, 1.54) is 30.5 Å². The average Bonchev–Trinajstić information content (AvgIpc) is 2.75. The van der Waals surface area contributed by atoms with Crippen LogP contribution in [0, 0.1) is 5.82 Å². The molecule has 8 nitrogen and oxygen atoms in total. The van der Waals surface area contributed by atoms with E-state index in [0.29, 0.717) is 23.5 Å². The van der Waals surface area contributed by atoms with Crippen molar-refractivity contribution in [3.8, 4) is 5.75 Å². The number of nitrogens with one attached hydrogen (secondary N) is 3. The van der Waals surface area contributed by atoms with Crippen LogP contribution in [-0.2, 0) is 14.4 Å². The second-order valence-corrected chi connectivity index (χ2v) is 6.22. The molecular formula is C21H23FN4O4. The molecule has 0 heterocycles. The number of unbranched alkanes of at least 4 members (excludes halogenated alkanes) is 1. The van der Waals surface area contributed by atoms with Gasteiger partial charge < -0.3 is 15.4 Å². The molecule has 0 fully saturated rings. The molecular weight excluding hydrogens is 391 g/mol. The minimum atomic E-state index is -0.838. The van der Waals surface area contributed by atoms with Crippen molar-refractivity contribution in [2.24, 2.45) is 5.10 Å². The van der Waals surface area contributed by atoms with E-state index in [1.54, 1.807) is 24.3 Å². The number of carbonyl (C=O) groups excluding carboxylic acids is 3. The first-order valence-corrected chi connectivity index (χ1v) is 9.37. The molecule has 0 saturated heterocycles. The van der Waals surface area contributed by atoms with E-state index < -0.39 is 11.8 Å².